The molecule has 1 aliphatic heterocycles. The lowest BCUT2D eigenvalue weighted by Gasteiger charge is -2.07. The first-order chi connectivity index (χ1) is 3.30. The third-order valence-electron chi connectivity index (χ3n) is 0.962. The molecule has 0 fully saturated rings. The van der Waals surface area contributed by atoms with Gasteiger partial charge in [-0.25, -0.2) is 4.39 Å². The summed E-state index contributed by atoms with van der Waals surface area (Å²) in [6.45, 7) is 0.302. The van der Waals surface area contributed by atoms with E-state index in [1.165, 1.54) is 11.2 Å². The van der Waals surface area contributed by atoms with E-state index in [1.54, 1.807) is 7.05 Å². The van der Waals surface area contributed by atoms with Gasteiger partial charge in [0.2, 0.25) is 0 Å². The molecule has 0 saturated heterocycles. The quantitative estimate of drug-likeness (QED) is 0.400. The van der Waals surface area contributed by atoms with Gasteiger partial charge in [0.15, 0.2) is 6.30 Å². The van der Waals surface area contributed by atoms with Gasteiger partial charge in [-0.1, -0.05) is 0 Å². The molecule has 0 bridgehead atoms. The highest BCUT2D eigenvalue weighted by Crippen LogP contribution is 2.00. The molecule has 0 radical (unpaired) electrons. The maximum absolute atomic E-state index is 12.1. The zero-order valence-electron chi connectivity index (χ0n) is 4.13. The Morgan fingerprint density at radius 3 is 2.86 bits per heavy atom. The Kier molecular flexibility index (Phi) is 0.964. The van der Waals surface area contributed by atoms with Gasteiger partial charge in [0.1, 0.15) is 0 Å². The summed E-state index contributed by atoms with van der Waals surface area (Å²) in [5.74, 6) is 0. The van der Waals surface area contributed by atoms with E-state index >= 15 is 0 Å². The average molecular weight is 102 g/mol. The monoisotopic (exact) mass is 102 g/mol. The minimum absolute atomic E-state index is 0.302. The Morgan fingerprint density at radius 2 is 2.71 bits per heavy atom. The van der Waals surface area contributed by atoms with Gasteiger partial charge in [-0.15, -0.1) is 0 Å². The van der Waals surface area contributed by atoms with Gasteiger partial charge in [-0.3, -0.25) is 4.99 Å². The molecule has 3 heteroatoms. The van der Waals surface area contributed by atoms with E-state index in [4.69, 9.17) is 0 Å². The topological polar surface area (TPSA) is 15.6 Å². The zero-order valence-corrected chi connectivity index (χ0v) is 4.13. The third-order valence-corrected chi connectivity index (χ3v) is 0.962. The average Bonchev–Trinajstić information content (AvgIpc) is 1.91. The van der Waals surface area contributed by atoms with Crippen molar-refractivity contribution in [1.29, 1.82) is 0 Å². The van der Waals surface area contributed by atoms with Crippen molar-refractivity contribution < 1.29 is 4.39 Å². The molecule has 1 rings (SSSR count). The van der Waals surface area contributed by atoms with Crippen molar-refractivity contribution in [3.05, 3.63) is 0 Å². The van der Waals surface area contributed by atoms with E-state index in [1.807, 2.05) is 0 Å². The van der Waals surface area contributed by atoms with E-state index in [-0.39, 0.29) is 0 Å². The Morgan fingerprint density at radius 1 is 2.00 bits per heavy atom. The number of aliphatic imine (C=N–C) groups is 1. The van der Waals surface area contributed by atoms with Crippen LogP contribution in [0, 0.1) is 0 Å². The fraction of sp³-hybridized carbons (Fsp3) is 0.750. The van der Waals surface area contributed by atoms with Crippen LogP contribution in [0.2, 0.25) is 0 Å². The van der Waals surface area contributed by atoms with Crippen LogP contribution in [0.1, 0.15) is 0 Å². The van der Waals surface area contributed by atoms with Crippen LogP contribution >= 0.6 is 0 Å². The molecule has 0 aromatic rings. The first kappa shape index (κ1) is 4.56. The fourth-order valence-corrected chi connectivity index (χ4v) is 0.464. The molecule has 1 unspecified atom stereocenters. The number of hydrogen-bond acceptors (Lipinski definition) is 2. The Balaban J connectivity index is 2.45. The Bertz CT molecular complexity index is 91.7. The van der Waals surface area contributed by atoms with E-state index in [0.717, 1.165) is 0 Å². The highest BCUT2D eigenvalue weighted by molar-refractivity contribution is 5.56. The summed E-state index contributed by atoms with van der Waals surface area (Å²) in [6.07, 6.45) is 0.630. The lowest BCUT2D eigenvalue weighted by Crippen LogP contribution is -2.22. The SMILES string of the molecule is CN1C=NCC1F. The van der Waals surface area contributed by atoms with Crippen molar-refractivity contribution in [2.45, 2.75) is 6.30 Å². The van der Waals surface area contributed by atoms with Crippen LogP contribution in [0.3, 0.4) is 0 Å². The molecule has 0 aromatic heterocycles. The summed E-state index contributed by atoms with van der Waals surface area (Å²) in [6, 6.07) is 0. The van der Waals surface area contributed by atoms with Gasteiger partial charge in [0, 0.05) is 7.05 Å². The highest BCUT2D eigenvalue weighted by atomic mass is 19.1. The number of hydrogen-bond donors (Lipinski definition) is 0. The predicted octanol–water partition coefficient (Wildman–Crippen LogP) is 0.256. The molecule has 0 spiro atoms. The van der Waals surface area contributed by atoms with Crippen molar-refractivity contribution in [3.8, 4) is 0 Å². The third kappa shape index (κ3) is 0.706. The summed E-state index contributed by atoms with van der Waals surface area (Å²) >= 11 is 0. The Hall–Kier alpha value is -0.600. The maximum atomic E-state index is 12.1. The Labute approximate surface area is 41.6 Å². The number of rotatable bonds is 0. The van der Waals surface area contributed by atoms with Crippen molar-refractivity contribution in [2.24, 2.45) is 4.99 Å². The maximum Gasteiger partial charge on any atom is 0.192 e. The van der Waals surface area contributed by atoms with Crippen LogP contribution in [0.5, 0.6) is 0 Å². The van der Waals surface area contributed by atoms with Gasteiger partial charge in [0.25, 0.3) is 0 Å². The lowest BCUT2D eigenvalue weighted by molar-refractivity contribution is 0.212. The lowest BCUT2D eigenvalue weighted by atomic mass is 10.6. The highest BCUT2D eigenvalue weighted by Gasteiger charge is 2.12. The molecule has 0 amide bonds. The van der Waals surface area contributed by atoms with E-state index in [0.29, 0.717) is 6.54 Å². The van der Waals surface area contributed by atoms with Crippen LogP contribution in [0.25, 0.3) is 0 Å². The van der Waals surface area contributed by atoms with Gasteiger partial charge in [0.05, 0.1) is 12.9 Å². The van der Waals surface area contributed by atoms with E-state index < -0.39 is 6.30 Å². The molecule has 40 valence electrons. The van der Waals surface area contributed by atoms with E-state index in [2.05, 4.69) is 4.99 Å². The number of likely N-dealkylation sites (N-methyl/N-ethyl adjacent to an activating group) is 1. The fourth-order valence-electron chi connectivity index (χ4n) is 0.464. The zero-order chi connectivity index (χ0) is 5.28. The molecule has 0 saturated carbocycles. The summed E-state index contributed by atoms with van der Waals surface area (Å²) in [7, 11) is 1.67. The molecule has 1 atom stereocenters. The van der Waals surface area contributed by atoms with Crippen LogP contribution in [0.4, 0.5) is 4.39 Å². The summed E-state index contributed by atoms with van der Waals surface area (Å²) < 4.78 is 12.1. The summed E-state index contributed by atoms with van der Waals surface area (Å²) in [5.41, 5.74) is 0. The van der Waals surface area contributed by atoms with Crippen molar-refractivity contribution >= 4 is 6.34 Å². The molecule has 2 nitrogen and oxygen atoms in total. The van der Waals surface area contributed by atoms with E-state index in [9.17, 15) is 4.39 Å². The molecular formula is C4H7FN2. The standard InChI is InChI=1S/C4H7FN2/c1-7-3-6-2-4(7)5/h3-4H,2H2,1H3. The largest absolute Gasteiger partial charge is 0.335 e. The van der Waals surface area contributed by atoms with Crippen molar-refractivity contribution in [1.82, 2.24) is 4.90 Å². The summed E-state index contributed by atoms with van der Waals surface area (Å²) in [4.78, 5) is 5.12. The van der Waals surface area contributed by atoms with Crippen molar-refractivity contribution in [3.63, 3.8) is 0 Å². The molecule has 7 heavy (non-hydrogen) atoms. The molecule has 1 heterocycles. The number of nitrogens with zero attached hydrogens (tertiary/aromatic N) is 2. The second-order valence-corrected chi connectivity index (χ2v) is 1.58. The second kappa shape index (κ2) is 1.48. The smallest absolute Gasteiger partial charge is 0.192 e. The van der Waals surface area contributed by atoms with Gasteiger partial charge in [-0.05, 0) is 0 Å². The molecule has 0 aliphatic carbocycles. The van der Waals surface area contributed by atoms with Gasteiger partial charge in [-0.2, -0.15) is 0 Å². The number of halogens is 1. The second-order valence-electron chi connectivity index (χ2n) is 1.58. The van der Waals surface area contributed by atoms with Crippen LogP contribution < -0.4 is 0 Å². The van der Waals surface area contributed by atoms with Crippen molar-refractivity contribution in [2.75, 3.05) is 13.6 Å². The minimum atomic E-state index is -0.875. The van der Waals surface area contributed by atoms with Crippen LogP contribution in [0.15, 0.2) is 4.99 Å². The first-order valence-corrected chi connectivity index (χ1v) is 2.16. The molecular weight excluding hydrogens is 95.1 g/mol. The predicted molar refractivity (Wildman–Crippen MR) is 26.0 cm³/mol. The number of alkyl halides is 1. The minimum Gasteiger partial charge on any atom is -0.335 e. The van der Waals surface area contributed by atoms with Gasteiger partial charge < -0.3 is 4.90 Å². The van der Waals surface area contributed by atoms with Gasteiger partial charge >= 0.3 is 0 Å². The molecule has 0 N–H and O–H groups in total. The normalized spacial score (nSPS) is 29.4. The van der Waals surface area contributed by atoms with Crippen LogP contribution in [-0.2, 0) is 0 Å². The van der Waals surface area contributed by atoms with Crippen LogP contribution in [-0.4, -0.2) is 31.1 Å². The molecule has 0 aromatic carbocycles. The first-order valence-electron chi connectivity index (χ1n) is 2.16. The molecule has 1 aliphatic rings. The summed E-state index contributed by atoms with van der Waals surface area (Å²) in [5, 5.41) is 0.